The molecule has 0 unspecified atom stereocenters. The second-order valence-corrected chi connectivity index (χ2v) is 6.24. The van der Waals surface area contributed by atoms with Crippen molar-refractivity contribution in [1.29, 1.82) is 0 Å². The molecule has 132 valence electrons. The van der Waals surface area contributed by atoms with Crippen LogP contribution in [0.3, 0.4) is 0 Å². The van der Waals surface area contributed by atoms with Crippen molar-refractivity contribution in [2.24, 2.45) is 0 Å². The zero-order chi connectivity index (χ0) is 18.3. The molecule has 2 aromatic rings. The SMILES string of the molecule is COc1cc(Cl)c(I)c(OC)c1.COc1cc(Cl)c(N)c(OC)c1. The zero-order valence-corrected chi connectivity index (χ0v) is 17.3. The molecule has 0 atom stereocenters. The molecule has 0 aliphatic heterocycles. The third-order valence-corrected chi connectivity index (χ3v) is 4.99. The smallest absolute Gasteiger partial charge is 0.146 e. The first-order valence-corrected chi connectivity index (χ1v) is 8.45. The van der Waals surface area contributed by atoms with Crippen LogP contribution in [0.15, 0.2) is 24.3 Å². The van der Waals surface area contributed by atoms with Crippen LogP contribution in [0.25, 0.3) is 0 Å². The van der Waals surface area contributed by atoms with Crippen LogP contribution in [0, 0.1) is 3.57 Å². The molecular weight excluding hydrogens is 468 g/mol. The first-order chi connectivity index (χ1) is 11.4. The van der Waals surface area contributed by atoms with E-state index in [4.69, 9.17) is 47.9 Å². The van der Waals surface area contributed by atoms with Crippen LogP contribution in [-0.4, -0.2) is 28.4 Å². The van der Waals surface area contributed by atoms with Gasteiger partial charge in [0.05, 0.1) is 47.7 Å². The van der Waals surface area contributed by atoms with E-state index < -0.39 is 0 Å². The van der Waals surface area contributed by atoms with Crippen molar-refractivity contribution in [3.05, 3.63) is 37.9 Å². The standard InChI is InChI=1S/C8H8ClIO2.C8H10ClNO2/c2*1-11-5-3-6(9)8(10)7(4-5)12-2/h3-4H,1-2H3;3-4H,10H2,1-2H3. The average Bonchev–Trinajstić information content (AvgIpc) is 2.59. The molecular formula is C16H18Cl2INO4. The Bertz CT molecular complexity index is 639. The summed E-state index contributed by atoms with van der Waals surface area (Å²) in [6.45, 7) is 0. The lowest BCUT2D eigenvalue weighted by atomic mass is 10.3. The van der Waals surface area contributed by atoms with Crippen molar-refractivity contribution in [2.75, 3.05) is 34.2 Å². The summed E-state index contributed by atoms with van der Waals surface area (Å²) in [6, 6.07) is 6.88. The first-order valence-electron chi connectivity index (χ1n) is 6.61. The third-order valence-electron chi connectivity index (χ3n) is 2.94. The van der Waals surface area contributed by atoms with E-state index in [1.807, 2.05) is 0 Å². The number of rotatable bonds is 4. The van der Waals surface area contributed by atoms with Gasteiger partial charge in [0.25, 0.3) is 0 Å². The van der Waals surface area contributed by atoms with Crippen LogP contribution >= 0.6 is 45.8 Å². The Labute approximate surface area is 165 Å². The summed E-state index contributed by atoms with van der Waals surface area (Å²) in [5.41, 5.74) is 6.03. The van der Waals surface area contributed by atoms with Crippen molar-refractivity contribution in [3.8, 4) is 23.0 Å². The van der Waals surface area contributed by atoms with E-state index in [1.165, 1.54) is 7.11 Å². The number of hydrogen-bond donors (Lipinski definition) is 1. The van der Waals surface area contributed by atoms with E-state index in [1.54, 1.807) is 45.6 Å². The maximum Gasteiger partial charge on any atom is 0.146 e. The molecule has 0 bridgehead atoms. The van der Waals surface area contributed by atoms with E-state index in [9.17, 15) is 0 Å². The molecule has 2 rings (SSSR count). The Kier molecular flexibility index (Phi) is 8.58. The van der Waals surface area contributed by atoms with E-state index in [2.05, 4.69) is 22.6 Å². The summed E-state index contributed by atoms with van der Waals surface area (Å²) in [6.07, 6.45) is 0. The lowest BCUT2D eigenvalue weighted by molar-refractivity contribution is 0.392. The molecule has 5 nitrogen and oxygen atoms in total. The van der Waals surface area contributed by atoms with Gasteiger partial charge in [-0.1, -0.05) is 23.2 Å². The van der Waals surface area contributed by atoms with Crippen molar-refractivity contribution in [3.63, 3.8) is 0 Å². The fraction of sp³-hybridized carbons (Fsp3) is 0.250. The molecule has 0 spiro atoms. The number of halogens is 3. The largest absolute Gasteiger partial charge is 0.497 e. The lowest BCUT2D eigenvalue weighted by Gasteiger charge is -2.08. The first kappa shape index (κ1) is 20.8. The third kappa shape index (κ3) is 5.39. The predicted molar refractivity (Wildman–Crippen MR) is 106 cm³/mol. The van der Waals surface area contributed by atoms with E-state index >= 15 is 0 Å². The Morgan fingerprint density at radius 2 is 1.21 bits per heavy atom. The van der Waals surface area contributed by atoms with Crippen molar-refractivity contribution in [2.45, 2.75) is 0 Å². The second-order valence-electron chi connectivity index (χ2n) is 4.35. The van der Waals surface area contributed by atoms with Gasteiger partial charge < -0.3 is 24.7 Å². The summed E-state index contributed by atoms with van der Waals surface area (Å²) in [5.74, 6) is 2.60. The van der Waals surface area contributed by atoms with Crippen LogP contribution in [0.1, 0.15) is 0 Å². The molecule has 0 amide bonds. The summed E-state index contributed by atoms with van der Waals surface area (Å²) >= 11 is 13.8. The minimum absolute atomic E-state index is 0.431. The summed E-state index contributed by atoms with van der Waals surface area (Å²) in [4.78, 5) is 0. The normalized spacial score (nSPS) is 9.62. The topological polar surface area (TPSA) is 62.9 Å². The van der Waals surface area contributed by atoms with Gasteiger partial charge >= 0.3 is 0 Å². The molecule has 24 heavy (non-hydrogen) atoms. The van der Waals surface area contributed by atoms with E-state index in [0.717, 1.165) is 9.32 Å². The maximum atomic E-state index is 5.91. The van der Waals surface area contributed by atoms with Gasteiger partial charge in [-0.2, -0.15) is 0 Å². The number of nitrogen functional groups attached to an aromatic ring is 1. The monoisotopic (exact) mass is 485 g/mol. The van der Waals surface area contributed by atoms with Crippen LogP contribution in [0.4, 0.5) is 5.69 Å². The number of benzene rings is 2. The highest BCUT2D eigenvalue weighted by molar-refractivity contribution is 14.1. The Hall–Kier alpha value is -1.25. The number of hydrogen-bond acceptors (Lipinski definition) is 5. The van der Waals surface area contributed by atoms with Gasteiger partial charge in [-0.25, -0.2) is 0 Å². The fourth-order valence-corrected chi connectivity index (χ4v) is 2.60. The Morgan fingerprint density at radius 1 is 0.750 bits per heavy atom. The van der Waals surface area contributed by atoms with E-state index in [-0.39, 0.29) is 0 Å². The highest BCUT2D eigenvalue weighted by atomic mass is 127. The number of methoxy groups -OCH3 is 4. The summed E-state index contributed by atoms with van der Waals surface area (Å²) < 4.78 is 21.0. The number of ether oxygens (including phenoxy) is 4. The molecule has 0 fully saturated rings. The predicted octanol–water partition coefficient (Wildman–Crippen LogP) is 4.90. The van der Waals surface area contributed by atoms with Crippen LogP contribution < -0.4 is 24.7 Å². The fourth-order valence-electron chi connectivity index (χ4n) is 1.66. The molecule has 0 radical (unpaired) electrons. The van der Waals surface area contributed by atoms with Gasteiger partial charge in [-0.3, -0.25) is 0 Å². The Balaban J connectivity index is 0.000000240. The maximum absolute atomic E-state index is 5.91. The van der Waals surface area contributed by atoms with Crippen molar-refractivity contribution in [1.82, 2.24) is 0 Å². The number of nitrogens with two attached hydrogens (primary N) is 1. The molecule has 0 saturated heterocycles. The second kappa shape index (κ2) is 9.90. The van der Waals surface area contributed by atoms with Gasteiger partial charge in [0.15, 0.2) is 0 Å². The van der Waals surface area contributed by atoms with Gasteiger partial charge in [0, 0.05) is 24.3 Å². The molecule has 0 aliphatic carbocycles. The molecule has 2 N–H and O–H groups in total. The number of anilines is 1. The quantitative estimate of drug-likeness (QED) is 0.492. The summed E-state index contributed by atoms with van der Waals surface area (Å²) in [7, 11) is 6.29. The van der Waals surface area contributed by atoms with Gasteiger partial charge in [-0.05, 0) is 22.6 Å². The molecule has 0 saturated carbocycles. The lowest BCUT2D eigenvalue weighted by Crippen LogP contribution is -1.94. The van der Waals surface area contributed by atoms with Crippen molar-refractivity contribution < 1.29 is 18.9 Å². The minimum atomic E-state index is 0.431. The molecule has 8 heteroatoms. The highest BCUT2D eigenvalue weighted by Gasteiger charge is 2.07. The highest BCUT2D eigenvalue weighted by Crippen LogP contribution is 2.34. The zero-order valence-electron chi connectivity index (χ0n) is 13.7. The van der Waals surface area contributed by atoms with Crippen LogP contribution in [0.2, 0.25) is 10.0 Å². The van der Waals surface area contributed by atoms with Crippen LogP contribution in [0.5, 0.6) is 23.0 Å². The molecule has 2 aromatic carbocycles. The molecule has 0 aromatic heterocycles. The minimum Gasteiger partial charge on any atom is -0.497 e. The van der Waals surface area contributed by atoms with E-state index in [0.29, 0.717) is 33.0 Å². The summed E-state index contributed by atoms with van der Waals surface area (Å²) in [5, 5.41) is 1.08. The molecule has 0 aliphatic rings. The van der Waals surface area contributed by atoms with Gasteiger partial charge in [-0.15, -0.1) is 0 Å². The van der Waals surface area contributed by atoms with Gasteiger partial charge in [0.1, 0.15) is 23.0 Å². The average molecular weight is 486 g/mol. The Morgan fingerprint density at radius 3 is 1.67 bits per heavy atom. The van der Waals surface area contributed by atoms with Gasteiger partial charge in [0.2, 0.25) is 0 Å². The molecule has 0 heterocycles. The van der Waals surface area contributed by atoms with Crippen LogP contribution in [-0.2, 0) is 0 Å². The van der Waals surface area contributed by atoms with Crippen molar-refractivity contribution >= 4 is 51.5 Å².